The van der Waals surface area contributed by atoms with E-state index >= 15 is 0 Å². The van der Waals surface area contributed by atoms with E-state index in [1.807, 2.05) is 12.1 Å². The summed E-state index contributed by atoms with van der Waals surface area (Å²) in [5.74, 6) is 1.95. The van der Waals surface area contributed by atoms with E-state index in [-0.39, 0.29) is 16.7 Å². The fourth-order valence-electron chi connectivity index (χ4n) is 1.93. The van der Waals surface area contributed by atoms with Gasteiger partial charge in [0.2, 0.25) is 5.75 Å². The second-order valence-electron chi connectivity index (χ2n) is 10.0. The summed E-state index contributed by atoms with van der Waals surface area (Å²) >= 11 is 0. The summed E-state index contributed by atoms with van der Waals surface area (Å²) in [5.41, 5.74) is 0.771. The molecule has 4 nitrogen and oxygen atoms in total. The minimum Gasteiger partial charge on any atom is -0.541 e. The molecule has 0 aliphatic heterocycles. The van der Waals surface area contributed by atoms with Crippen molar-refractivity contribution in [3.63, 3.8) is 0 Å². The highest BCUT2D eigenvalue weighted by Gasteiger charge is 2.42. The molecule has 6 heteroatoms. The van der Waals surface area contributed by atoms with Gasteiger partial charge in [-0.15, -0.1) is 0 Å². The molecule has 0 aliphatic rings. The Kier molecular flexibility index (Phi) is 6.70. The first-order valence-electron chi connectivity index (χ1n) is 9.25. The summed E-state index contributed by atoms with van der Waals surface area (Å²) in [7, 11) is -2.46. The van der Waals surface area contributed by atoms with E-state index in [4.69, 9.17) is 13.6 Å². The highest BCUT2D eigenvalue weighted by Crippen LogP contribution is 2.46. The number of hydrogen-bond acceptors (Lipinski definition) is 4. The lowest BCUT2D eigenvalue weighted by Crippen LogP contribution is -2.44. The Hall–Kier alpha value is -0.986. The van der Waals surface area contributed by atoms with Crippen LogP contribution >= 0.6 is 0 Å². The number of aliphatic hydroxyl groups excluding tert-OH is 1. The molecule has 0 aromatic heterocycles. The molecular weight excluding hydrogens is 360 g/mol. The van der Waals surface area contributed by atoms with E-state index in [0.29, 0.717) is 17.2 Å². The summed E-state index contributed by atoms with van der Waals surface area (Å²) < 4.78 is 18.7. The molecule has 1 rings (SSSR count). The average molecular weight is 399 g/mol. The normalized spacial score (nSPS) is 13.5. The molecule has 0 bridgehead atoms. The average Bonchev–Trinajstić information content (AvgIpc) is 2.43. The van der Waals surface area contributed by atoms with Gasteiger partial charge >= 0.3 is 0 Å². The first-order chi connectivity index (χ1) is 11.6. The van der Waals surface area contributed by atoms with Crippen LogP contribution in [0.15, 0.2) is 12.1 Å². The van der Waals surface area contributed by atoms with Gasteiger partial charge in [-0.25, -0.2) is 0 Å². The highest BCUT2D eigenvalue weighted by molar-refractivity contribution is 6.75. The predicted molar refractivity (Wildman–Crippen MR) is 115 cm³/mol. The molecular formula is C20H38O4Si2. The topological polar surface area (TPSA) is 47.9 Å². The van der Waals surface area contributed by atoms with Crippen molar-refractivity contribution in [3.8, 4) is 17.2 Å². The van der Waals surface area contributed by atoms with Crippen LogP contribution in [0, 0.1) is 0 Å². The fraction of sp³-hybridized carbons (Fsp3) is 0.700. The molecule has 0 saturated heterocycles. The zero-order valence-electron chi connectivity index (χ0n) is 18.5. The Morgan fingerprint density at radius 2 is 1.15 bits per heavy atom. The molecule has 0 heterocycles. The van der Waals surface area contributed by atoms with E-state index in [9.17, 15) is 5.11 Å². The fourth-order valence-corrected chi connectivity index (χ4v) is 3.95. The van der Waals surface area contributed by atoms with Crippen molar-refractivity contribution in [1.82, 2.24) is 0 Å². The van der Waals surface area contributed by atoms with Gasteiger partial charge in [0.1, 0.15) is 0 Å². The molecule has 0 amide bonds. The van der Waals surface area contributed by atoms with Crippen molar-refractivity contribution >= 4 is 16.6 Å². The maximum absolute atomic E-state index is 9.74. The Labute approximate surface area is 162 Å². The maximum atomic E-state index is 9.74. The molecule has 0 spiro atoms. The largest absolute Gasteiger partial charge is 0.541 e. The quantitative estimate of drug-likeness (QED) is 0.601. The number of benzene rings is 1. The van der Waals surface area contributed by atoms with Gasteiger partial charge in [0, 0.05) is 0 Å². The van der Waals surface area contributed by atoms with Crippen LogP contribution in [-0.2, 0) is 6.61 Å². The van der Waals surface area contributed by atoms with Crippen molar-refractivity contribution < 1.29 is 18.7 Å². The molecule has 26 heavy (non-hydrogen) atoms. The van der Waals surface area contributed by atoms with Gasteiger partial charge in [-0.05, 0) is 54.0 Å². The summed E-state index contributed by atoms with van der Waals surface area (Å²) in [6, 6.07) is 3.75. The van der Waals surface area contributed by atoms with Crippen molar-refractivity contribution in [3.05, 3.63) is 17.7 Å². The van der Waals surface area contributed by atoms with E-state index in [1.165, 1.54) is 0 Å². The van der Waals surface area contributed by atoms with Crippen LogP contribution in [0.4, 0.5) is 0 Å². The van der Waals surface area contributed by atoms with E-state index in [0.717, 1.165) is 5.56 Å². The maximum Gasteiger partial charge on any atom is 0.250 e. The zero-order chi connectivity index (χ0) is 20.6. The molecule has 150 valence electrons. The minimum atomic E-state index is -2.05. The Morgan fingerprint density at radius 1 is 0.808 bits per heavy atom. The molecule has 1 aromatic rings. The Balaban J connectivity index is 3.46. The highest BCUT2D eigenvalue weighted by atomic mass is 28.4. The molecule has 0 radical (unpaired) electrons. The summed E-state index contributed by atoms with van der Waals surface area (Å²) in [5, 5.41) is 9.86. The lowest BCUT2D eigenvalue weighted by Gasteiger charge is -2.39. The molecule has 0 fully saturated rings. The number of hydrogen-bond donors (Lipinski definition) is 1. The predicted octanol–water partition coefficient (Wildman–Crippen LogP) is 5.96. The second-order valence-corrected chi connectivity index (χ2v) is 19.5. The van der Waals surface area contributed by atoms with Gasteiger partial charge in [-0.2, -0.15) is 0 Å². The lowest BCUT2D eigenvalue weighted by molar-refractivity contribution is 0.280. The van der Waals surface area contributed by atoms with Gasteiger partial charge < -0.3 is 18.7 Å². The van der Waals surface area contributed by atoms with Crippen LogP contribution in [0.25, 0.3) is 0 Å². The van der Waals surface area contributed by atoms with Gasteiger partial charge in [0.25, 0.3) is 16.6 Å². The third-order valence-electron chi connectivity index (χ3n) is 5.81. The van der Waals surface area contributed by atoms with E-state index in [2.05, 4.69) is 67.7 Å². The third-order valence-corrected chi connectivity index (χ3v) is 14.5. The molecule has 1 aromatic carbocycles. The van der Waals surface area contributed by atoms with Gasteiger partial charge in [-0.3, -0.25) is 0 Å². The van der Waals surface area contributed by atoms with E-state index < -0.39 is 16.6 Å². The van der Waals surface area contributed by atoms with Crippen LogP contribution in [0.5, 0.6) is 17.2 Å². The molecule has 1 N–H and O–H groups in total. The zero-order valence-corrected chi connectivity index (χ0v) is 20.5. The molecule has 0 atom stereocenters. The SMILES string of the molecule is COc1c(O[Si](C)(C)C(C)(C)C)cc(CO)cc1O[Si](C)(C)C(C)(C)C. The van der Waals surface area contributed by atoms with Crippen molar-refractivity contribution in [2.45, 2.75) is 84.4 Å². The summed E-state index contributed by atoms with van der Waals surface area (Å²) in [6.45, 7) is 22.0. The Bertz CT molecular complexity index is 577. The smallest absolute Gasteiger partial charge is 0.250 e. The molecule has 0 unspecified atom stereocenters. The van der Waals surface area contributed by atoms with Crippen molar-refractivity contribution in [1.29, 1.82) is 0 Å². The van der Waals surface area contributed by atoms with Crippen LogP contribution in [0.1, 0.15) is 47.1 Å². The van der Waals surface area contributed by atoms with Crippen LogP contribution in [-0.4, -0.2) is 28.9 Å². The summed E-state index contributed by atoms with van der Waals surface area (Å²) in [6.07, 6.45) is 0. The number of rotatable bonds is 6. The van der Waals surface area contributed by atoms with Crippen molar-refractivity contribution in [2.24, 2.45) is 0 Å². The van der Waals surface area contributed by atoms with Crippen LogP contribution < -0.4 is 13.6 Å². The van der Waals surface area contributed by atoms with Gasteiger partial charge in [-0.1, -0.05) is 41.5 Å². The monoisotopic (exact) mass is 398 g/mol. The molecule has 0 aliphatic carbocycles. The first kappa shape index (κ1) is 23.1. The lowest BCUT2D eigenvalue weighted by atomic mass is 10.2. The summed E-state index contributed by atoms with van der Waals surface area (Å²) in [4.78, 5) is 0. The number of methoxy groups -OCH3 is 1. The van der Waals surface area contributed by atoms with Crippen LogP contribution in [0.2, 0.25) is 36.3 Å². The first-order valence-corrected chi connectivity index (χ1v) is 15.1. The van der Waals surface area contributed by atoms with E-state index in [1.54, 1.807) is 7.11 Å². The number of aliphatic hydroxyl groups is 1. The second kappa shape index (κ2) is 7.56. The molecule has 0 saturated carbocycles. The standard InChI is InChI=1S/C20H38O4Si2/c1-19(2,3)25(8,9)23-16-12-15(14-21)13-17(18(16)22-7)24-26(10,11)20(4,5)6/h12-13,21H,14H2,1-11H3. The minimum absolute atomic E-state index is 0.0632. The van der Waals surface area contributed by atoms with Gasteiger partial charge in [0.15, 0.2) is 11.5 Å². The van der Waals surface area contributed by atoms with Crippen molar-refractivity contribution in [2.75, 3.05) is 7.11 Å². The van der Waals surface area contributed by atoms with Crippen LogP contribution in [0.3, 0.4) is 0 Å². The third kappa shape index (κ3) is 5.05. The number of ether oxygens (including phenoxy) is 1. The Morgan fingerprint density at radius 3 is 1.38 bits per heavy atom. The van der Waals surface area contributed by atoms with Gasteiger partial charge in [0.05, 0.1) is 13.7 Å².